The molecule has 2 heterocycles. The van der Waals surface area contributed by atoms with Gasteiger partial charge in [0.05, 0.1) is 0 Å². The van der Waals surface area contributed by atoms with E-state index in [2.05, 4.69) is 36.5 Å². The zero-order valence-electron chi connectivity index (χ0n) is 16.0. The predicted molar refractivity (Wildman–Crippen MR) is 101 cm³/mol. The van der Waals surface area contributed by atoms with Crippen molar-refractivity contribution in [2.75, 3.05) is 0 Å². The van der Waals surface area contributed by atoms with Gasteiger partial charge in [-0.25, -0.2) is 4.79 Å². The molecule has 1 amide bonds. The van der Waals surface area contributed by atoms with Crippen LogP contribution in [0, 0.1) is 0 Å². The lowest BCUT2D eigenvalue weighted by molar-refractivity contribution is 0.00466. The Morgan fingerprint density at radius 1 is 1.16 bits per heavy atom. The molecule has 2 aliphatic heterocycles. The first-order chi connectivity index (χ1) is 11.9. The molecule has 2 unspecified atom stereocenters. The van der Waals surface area contributed by atoms with E-state index in [-0.39, 0.29) is 6.09 Å². The highest BCUT2D eigenvalue weighted by Gasteiger charge is 2.44. The fourth-order valence-corrected chi connectivity index (χ4v) is 4.29. The summed E-state index contributed by atoms with van der Waals surface area (Å²) in [7, 11) is 0. The minimum Gasteiger partial charge on any atom is -0.444 e. The number of piperidine rings is 1. The van der Waals surface area contributed by atoms with Crippen molar-refractivity contribution in [3.63, 3.8) is 0 Å². The first kappa shape index (κ1) is 18.2. The van der Waals surface area contributed by atoms with Crippen LogP contribution in [-0.2, 0) is 17.7 Å². The molecule has 4 heteroatoms. The molecule has 2 aliphatic rings. The molecule has 0 aliphatic carbocycles. The first-order valence-electron chi connectivity index (χ1n) is 9.69. The molecule has 25 heavy (non-hydrogen) atoms. The van der Waals surface area contributed by atoms with Crippen molar-refractivity contribution in [2.24, 2.45) is 0 Å². The molecule has 4 nitrogen and oxygen atoms in total. The number of rotatable bonds is 4. The van der Waals surface area contributed by atoms with Crippen LogP contribution >= 0.6 is 0 Å². The number of hydrogen-bond acceptors (Lipinski definition) is 3. The van der Waals surface area contributed by atoms with E-state index in [0.717, 1.165) is 38.6 Å². The number of carbonyl (C=O) groups is 1. The summed E-state index contributed by atoms with van der Waals surface area (Å²) in [5, 5.41) is 3.74. The molecule has 1 N–H and O–H groups in total. The number of hydrogen-bond donors (Lipinski definition) is 1. The van der Waals surface area contributed by atoms with Gasteiger partial charge in [-0.15, -0.1) is 0 Å². The topological polar surface area (TPSA) is 41.6 Å². The van der Waals surface area contributed by atoms with Crippen LogP contribution in [-0.4, -0.2) is 34.7 Å². The maximum absolute atomic E-state index is 12.5. The lowest BCUT2D eigenvalue weighted by Gasteiger charge is -2.39. The van der Waals surface area contributed by atoms with Crippen LogP contribution in [0.4, 0.5) is 4.79 Å². The smallest absolute Gasteiger partial charge is 0.410 e. The van der Waals surface area contributed by atoms with E-state index >= 15 is 0 Å². The second-order valence-corrected chi connectivity index (χ2v) is 8.44. The van der Waals surface area contributed by atoms with Gasteiger partial charge >= 0.3 is 6.09 Å². The van der Waals surface area contributed by atoms with Gasteiger partial charge in [0.25, 0.3) is 0 Å². The standard InChI is InChI=1S/C21H32N2O2/c1-5-15-8-6-7-9-16(15)14-22-17-12-18-10-11-19(13-17)23(18)20(24)25-21(2,3)4/h6-9,17-19,22H,5,10-14H2,1-4H3. The third-order valence-electron chi connectivity index (χ3n) is 5.42. The van der Waals surface area contributed by atoms with Crippen molar-refractivity contribution in [1.82, 2.24) is 10.2 Å². The summed E-state index contributed by atoms with van der Waals surface area (Å²) in [6, 6.07) is 9.80. The Morgan fingerprint density at radius 2 is 1.76 bits per heavy atom. The van der Waals surface area contributed by atoms with E-state index in [1.165, 1.54) is 11.1 Å². The van der Waals surface area contributed by atoms with Gasteiger partial charge in [-0.05, 0) is 64.0 Å². The monoisotopic (exact) mass is 344 g/mol. The normalized spacial score (nSPS) is 25.9. The number of nitrogens with one attached hydrogen (secondary N) is 1. The number of amides is 1. The van der Waals surface area contributed by atoms with Gasteiger partial charge in [-0.1, -0.05) is 31.2 Å². The molecule has 0 saturated carbocycles. The molecule has 138 valence electrons. The lowest BCUT2D eigenvalue weighted by Crippen LogP contribution is -2.52. The highest BCUT2D eigenvalue weighted by Crippen LogP contribution is 2.37. The summed E-state index contributed by atoms with van der Waals surface area (Å²) in [5.41, 5.74) is 2.39. The fraction of sp³-hybridized carbons (Fsp3) is 0.667. The van der Waals surface area contributed by atoms with Crippen LogP contribution in [0.25, 0.3) is 0 Å². The molecule has 2 atom stereocenters. The van der Waals surface area contributed by atoms with Gasteiger partial charge < -0.3 is 15.0 Å². The zero-order valence-corrected chi connectivity index (χ0v) is 16.0. The molecule has 3 rings (SSSR count). The summed E-state index contributed by atoms with van der Waals surface area (Å²) in [6.45, 7) is 8.93. The Bertz CT molecular complexity index is 594. The number of aryl methyl sites for hydroxylation is 1. The molecule has 1 aromatic rings. The van der Waals surface area contributed by atoms with Crippen molar-refractivity contribution in [3.8, 4) is 0 Å². The summed E-state index contributed by atoms with van der Waals surface area (Å²) in [6.07, 6.45) is 5.21. The van der Waals surface area contributed by atoms with E-state index in [9.17, 15) is 4.79 Å². The van der Waals surface area contributed by atoms with E-state index in [0.29, 0.717) is 18.1 Å². The van der Waals surface area contributed by atoms with Gasteiger partial charge in [0.15, 0.2) is 0 Å². The molecular formula is C21H32N2O2. The Hall–Kier alpha value is -1.55. The van der Waals surface area contributed by atoms with E-state index < -0.39 is 5.60 Å². The number of ether oxygens (including phenoxy) is 1. The van der Waals surface area contributed by atoms with Gasteiger partial charge in [0.1, 0.15) is 5.60 Å². The van der Waals surface area contributed by atoms with Crippen molar-refractivity contribution in [2.45, 2.75) is 90.1 Å². The van der Waals surface area contributed by atoms with E-state index in [4.69, 9.17) is 4.74 Å². The van der Waals surface area contributed by atoms with E-state index in [1.807, 2.05) is 25.7 Å². The Kier molecular flexibility index (Phi) is 5.38. The van der Waals surface area contributed by atoms with Crippen molar-refractivity contribution in [1.29, 1.82) is 0 Å². The average Bonchev–Trinajstić information content (AvgIpc) is 2.83. The van der Waals surface area contributed by atoms with Gasteiger partial charge in [0.2, 0.25) is 0 Å². The maximum Gasteiger partial charge on any atom is 0.410 e. The third-order valence-corrected chi connectivity index (χ3v) is 5.42. The third kappa shape index (κ3) is 4.35. The van der Waals surface area contributed by atoms with Crippen LogP contribution in [0.5, 0.6) is 0 Å². The van der Waals surface area contributed by atoms with Crippen LogP contribution in [0.3, 0.4) is 0 Å². The molecule has 0 radical (unpaired) electrons. The lowest BCUT2D eigenvalue weighted by atomic mass is 9.97. The average molecular weight is 344 g/mol. The van der Waals surface area contributed by atoms with Crippen molar-refractivity contribution in [3.05, 3.63) is 35.4 Å². The number of benzene rings is 1. The molecule has 2 saturated heterocycles. The highest BCUT2D eigenvalue weighted by molar-refractivity contribution is 5.69. The van der Waals surface area contributed by atoms with Gasteiger partial charge in [-0.3, -0.25) is 0 Å². The van der Waals surface area contributed by atoms with Crippen molar-refractivity contribution < 1.29 is 9.53 Å². The van der Waals surface area contributed by atoms with Crippen LogP contribution < -0.4 is 5.32 Å². The van der Waals surface area contributed by atoms with Crippen LogP contribution in [0.2, 0.25) is 0 Å². The molecule has 1 aromatic carbocycles. The number of nitrogens with zero attached hydrogens (tertiary/aromatic N) is 1. The second-order valence-electron chi connectivity index (χ2n) is 8.44. The highest BCUT2D eigenvalue weighted by atomic mass is 16.6. The zero-order chi connectivity index (χ0) is 18.0. The first-order valence-corrected chi connectivity index (χ1v) is 9.69. The molecule has 2 bridgehead atoms. The Morgan fingerprint density at radius 3 is 2.32 bits per heavy atom. The van der Waals surface area contributed by atoms with E-state index in [1.54, 1.807) is 0 Å². The van der Waals surface area contributed by atoms with Crippen molar-refractivity contribution >= 4 is 6.09 Å². The summed E-state index contributed by atoms with van der Waals surface area (Å²) >= 11 is 0. The maximum atomic E-state index is 12.5. The summed E-state index contributed by atoms with van der Waals surface area (Å²) < 4.78 is 5.62. The molecule has 0 spiro atoms. The molecule has 0 aromatic heterocycles. The van der Waals surface area contributed by atoms with Gasteiger partial charge in [0, 0.05) is 24.7 Å². The Labute approximate surface area is 151 Å². The SMILES string of the molecule is CCc1ccccc1CNC1CC2CCC(C1)N2C(=O)OC(C)(C)C. The molecule has 2 fully saturated rings. The minimum absolute atomic E-state index is 0.130. The summed E-state index contributed by atoms with van der Waals surface area (Å²) in [5.74, 6) is 0. The predicted octanol–water partition coefficient (Wildman–Crippen LogP) is 4.27. The number of carbonyl (C=O) groups excluding carboxylic acids is 1. The van der Waals surface area contributed by atoms with Crippen LogP contribution in [0.15, 0.2) is 24.3 Å². The molecular weight excluding hydrogens is 312 g/mol. The number of fused-ring (bicyclic) bond motifs is 2. The Balaban J connectivity index is 1.58. The quantitative estimate of drug-likeness (QED) is 0.887. The summed E-state index contributed by atoms with van der Waals surface area (Å²) in [4.78, 5) is 14.5. The fourth-order valence-electron chi connectivity index (χ4n) is 4.29. The second kappa shape index (κ2) is 7.36. The largest absolute Gasteiger partial charge is 0.444 e. The minimum atomic E-state index is -0.421. The van der Waals surface area contributed by atoms with Gasteiger partial charge in [-0.2, -0.15) is 0 Å². The van der Waals surface area contributed by atoms with Crippen LogP contribution in [0.1, 0.15) is 64.5 Å².